The highest BCUT2D eigenvalue weighted by Gasteiger charge is 2.21. The molecule has 0 saturated heterocycles. The first-order valence-electron chi connectivity index (χ1n) is 7.76. The minimum atomic E-state index is -0.822. The van der Waals surface area contributed by atoms with E-state index in [0.29, 0.717) is 22.2 Å². The van der Waals surface area contributed by atoms with Crippen LogP contribution in [-0.4, -0.2) is 34.9 Å². The molecule has 1 unspecified atom stereocenters. The van der Waals surface area contributed by atoms with Gasteiger partial charge in [0.2, 0.25) is 5.82 Å². The smallest absolute Gasteiger partial charge is 0.251 e. The summed E-state index contributed by atoms with van der Waals surface area (Å²) in [5.74, 6) is 0.785. The van der Waals surface area contributed by atoms with Gasteiger partial charge in [-0.1, -0.05) is 16.8 Å². The number of methoxy groups -OCH3 is 1. The molecule has 1 atom stereocenters. The summed E-state index contributed by atoms with van der Waals surface area (Å²) in [6, 6.07) is 12.7. The molecule has 0 aliphatic heterocycles. The van der Waals surface area contributed by atoms with Gasteiger partial charge in [0, 0.05) is 16.1 Å². The summed E-state index contributed by atoms with van der Waals surface area (Å²) in [7, 11) is 1.58. The molecule has 134 valence electrons. The number of aliphatic hydroxyl groups excluding tert-OH is 1. The van der Waals surface area contributed by atoms with E-state index in [9.17, 15) is 9.90 Å². The van der Waals surface area contributed by atoms with Crippen molar-refractivity contribution in [3.8, 4) is 17.1 Å². The van der Waals surface area contributed by atoms with Gasteiger partial charge in [-0.3, -0.25) is 4.79 Å². The molecule has 0 bridgehead atoms. The predicted molar refractivity (Wildman–Crippen MR) is 95.0 cm³/mol. The van der Waals surface area contributed by atoms with Crippen LogP contribution in [0, 0.1) is 0 Å². The van der Waals surface area contributed by atoms with E-state index >= 15 is 0 Å². The number of nitrogens with zero attached hydrogens (tertiary/aromatic N) is 2. The van der Waals surface area contributed by atoms with Gasteiger partial charge in [0.1, 0.15) is 11.8 Å². The van der Waals surface area contributed by atoms with E-state index in [1.807, 2.05) is 0 Å². The number of nitrogens with one attached hydrogen (secondary N) is 1. The third-order valence-corrected chi connectivity index (χ3v) is 3.93. The van der Waals surface area contributed by atoms with Crippen molar-refractivity contribution in [2.24, 2.45) is 0 Å². The first-order chi connectivity index (χ1) is 12.6. The van der Waals surface area contributed by atoms with Crippen molar-refractivity contribution in [3.05, 3.63) is 65.0 Å². The third kappa shape index (κ3) is 4.01. The topological polar surface area (TPSA) is 97.5 Å². The van der Waals surface area contributed by atoms with Gasteiger partial charge in [-0.15, -0.1) is 0 Å². The molecule has 0 aliphatic rings. The van der Waals surface area contributed by atoms with Crippen LogP contribution < -0.4 is 10.1 Å². The molecule has 2 N–H and O–H groups in total. The number of amides is 1. The Bertz CT molecular complexity index is 878. The van der Waals surface area contributed by atoms with Gasteiger partial charge in [-0.05, 0) is 48.5 Å². The fraction of sp³-hybridized carbons (Fsp3) is 0.167. The molecule has 8 heteroatoms. The van der Waals surface area contributed by atoms with E-state index in [1.54, 1.807) is 55.6 Å². The largest absolute Gasteiger partial charge is 0.497 e. The molecule has 1 amide bonds. The maximum Gasteiger partial charge on any atom is 0.251 e. The lowest BCUT2D eigenvalue weighted by molar-refractivity contribution is 0.0901. The highest BCUT2D eigenvalue weighted by molar-refractivity contribution is 6.30. The van der Waals surface area contributed by atoms with Gasteiger partial charge in [0.15, 0.2) is 0 Å². The number of hydrogen-bond donors (Lipinski definition) is 2. The van der Waals surface area contributed by atoms with Crippen LogP contribution in [0.1, 0.15) is 22.3 Å². The van der Waals surface area contributed by atoms with Gasteiger partial charge in [0.25, 0.3) is 11.8 Å². The molecule has 0 spiro atoms. The highest BCUT2D eigenvalue weighted by Crippen LogP contribution is 2.21. The standard InChI is InChI=1S/C18H16ClN3O4/c1-25-14-8-4-11(5-9-14)16-21-18(26-22-16)15(10-23)20-17(24)12-2-6-13(19)7-3-12/h2-9,15,23H,10H2,1H3,(H,20,24). The van der Waals surface area contributed by atoms with Crippen LogP contribution in [-0.2, 0) is 0 Å². The summed E-state index contributed by atoms with van der Waals surface area (Å²) in [5, 5.41) is 16.7. The van der Waals surface area contributed by atoms with Crippen LogP contribution in [0.4, 0.5) is 0 Å². The number of rotatable bonds is 6. The Morgan fingerprint density at radius 3 is 2.54 bits per heavy atom. The lowest BCUT2D eigenvalue weighted by Crippen LogP contribution is -2.31. The molecule has 0 saturated carbocycles. The molecule has 1 heterocycles. The highest BCUT2D eigenvalue weighted by atomic mass is 35.5. The van der Waals surface area contributed by atoms with Crippen LogP contribution in [0.15, 0.2) is 53.1 Å². The maximum atomic E-state index is 12.3. The summed E-state index contributed by atoms with van der Waals surface area (Å²) in [6.45, 7) is -0.385. The molecular weight excluding hydrogens is 358 g/mol. The summed E-state index contributed by atoms with van der Waals surface area (Å²) in [4.78, 5) is 16.5. The zero-order valence-corrected chi connectivity index (χ0v) is 14.6. The number of halogens is 1. The fourth-order valence-electron chi connectivity index (χ4n) is 2.26. The van der Waals surface area contributed by atoms with Gasteiger partial charge in [-0.2, -0.15) is 4.98 Å². The van der Waals surface area contributed by atoms with Crippen molar-refractivity contribution >= 4 is 17.5 Å². The van der Waals surface area contributed by atoms with Gasteiger partial charge < -0.3 is 19.7 Å². The monoisotopic (exact) mass is 373 g/mol. The summed E-state index contributed by atoms with van der Waals surface area (Å²) in [6.07, 6.45) is 0. The summed E-state index contributed by atoms with van der Waals surface area (Å²) < 4.78 is 10.3. The predicted octanol–water partition coefficient (Wildman–Crippen LogP) is 2.86. The molecule has 2 aromatic carbocycles. The Labute approximate surface area is 154 Å². The minimum Gasteiger partial charge on any atom is -0.497 e. The van der Waals surface area contributed by atoms with Crippen molar-refractivity contribution in [2.45, 2.75) is 6.04 Å². The second kappa shape index (κ2) is 7.99. The van der Waals surface area contributed by atoms with Gasteiger partial charge >= 0.3 is 0 Å². The maximum absolute atomic E-state index is 12.3. The van der Waals surface area contributed by atoms with E-state index in [0.717, 1.165) is 5.56 Å². The van der Waals surface area contributed by atoms with Crippen molar-refractivity contribution < 1.29 is 19.2 Å². The SMILES string of the molecule is COc1ccc(-c2noc(C(CO)NC(=O)c3ccc(Cl)cc3)n2)cc1. The molecule has 26 heavy (non-hydrogen) atoms. The first kappa shape index (κ1) is 17.9. The van der Waals surface area contributed by atoms with Crippen LogP contribution in [0.5, 0.6) is 5.75 Å². The van der Waals surface area contributed by atoms with E-state index < -0.39 is 6.04 Å². The normalized spacial score (nSPS) is 11.8. The number of carbonyl (C=O) groups excluding carboxylic acids is 1. The molecule has 3 rings (SSSR count). The van der Waals surface area contributed by atoms with Crippen molar-refractivity contribution in [1.29, 1.82) is 0 Å². The average molecular weight is 374 g/mol. The third-order valence-electron chi connectivity index (χ3n) is 3.68. The molecule has 0 aliphatic carbocycles. The molecule has 1 aromatic heterocycles. The Morgan fingerprint density at radius 2 is 1.92 bits per heavy atom. The van der Waals surface area contributed by atoms with Crippen LogP contribution in [0.3, 0.4) is 0 Å². The lowest BCUT2D eigenvalue weighted by Gasteiger charge is -2.12. The number of benzene rings is 2. The van der Waals surface area contributed by atoms with Crippen LogP contribution in [0.25, 0.3) is 11.4 Å². The van der Waals surface area contributed by atoms with Crippen LogP contribution >= 0.6 is 11.6 Å². The Hall–Kier alpha value is -2.90. The fourth-order valence-corrected chi connectivity index (χ4v) is 2.39. The Kier molecular flexibility index (Phi) is 5.50. The molecule has 7 nitrogen and oxygen atoms in total. The van der Waals surface area contributed by atoms with E-state index in [1.165, 1.54) is 0 Å². The Morgan fingerprint density at radius 1 is 1.23 bits per heavy atom. The first-order valence-corrected chi connectivity index (χ1v) is 8.14. The number of aromatic nitrogens is 2. The van der Waals surface area contributed by atoms with Gasteiger partial charge in [0.05, 0.1) is 13.7 Å². The summed E-state index contributed by atoms with van der Waals surface area (Å²) in [5.41, 5.74) is 1.13. The number of carbonyl (C=O) groups is 1. The van der Waals surface area contributed by atoms with Crippen molar-refractivity contribution in [1.82, 2.24) is 15.5 Å². The van der Waals surface area contributed by atoms with E-state index in [2.05, 4.69) is 15.5 Å². The number of hydrogen-bond acceptors (Lipinski definition) is 6. The second-order valence-corrected chi connectivity index (χ2v) is 5.84. The lowest BCUT2D eigenvalue weighted by atomic mass is 10.2. The zero-order valence-electron chi connectivity index (χ0n) is 13.8. The zero-order chi connectivity index (χ0) is 18.5. The van der Waals surface area contributed by atoms with E-state index in [4.69, 9.17) is 20.9 Å². The molecular formula is C18H16ClN3O4. The van der Waals surface area contributed by atoms with Crippen LogP contribution in [0.2, 0.25) is 5.02 Å². The van der Waals surface area contributed by atoms with Crippen molar-refractivity contribution in [2.75, 3.05) is 13.7 Å². The summed E-state index contributed by atoms with van der Waals surface area (Å²) >= 11 is 5.81. The van der Waals surface area contributed by atoms with E-state index in [-0.39, 0.29) is 18.4 Å². The number of ether oxygens (including phenoxy) is 1. The minimum absolute atomic E-state index is 0.112. The molecule has 3 aromatic rings. The molecule has 0 fully saturated rings. The number of aliphatic hydroxyl groups is 1. The average Bonchev–Trinajstić information content (AvgIpc) is 3.16. The van der Waals surface area contributed by atoms with Crippen molar-refractivity contribution in [3.63, 3.8) is 0 Å². The Balaban J connectivity index is 1.75. The van der Waals surface area contributed by atoms with Gasteiger partial charge in [-0.25, -0.2) is 0 Å². The quantitative estimate of drug-likeness (QED) is 0.689. The molecule has 0 radical (unpaired) electrons. The second-order valence-electron chi connectivity index (χ2n) is 5.40.